The van der Waals surface area contributed by atoms with E-state index in [0.29, 0.717) is 25.7 Å². The number of aryl methyl sites for hydroxylation is 2. The molecule has 0 bridgehead atoms. The summed E-state index contributed by atoms with van der Waals surface area (Å²) in [6.07, 6.45) is 8.42. The number of para-hydroxylation sites is 2. The Kier molecular flexibility index (Phi) is 14.0. The number of nitrogens with zero attached hydrogens (tertiary/aromatic N) is 2. The first-order chi connectivity index (χ1) is 29.4. The van der Waals surface area contributed by atoms with E-state index in [9.17, 15) is 19.0 Å². The van der Waals surface area contributed by atoms with E-state index in [2.05, 4.69) is 72.7 Å². The molecule has 2 aliphatic rings. The van der Waals surface area contributed by atoms with Crippen LogP contribution in [-0.4, -0.2) is 73.0 Å². The van der Waals surface area contributed by atoms with Gasteiger partial charge in [-0.2, -0.15) is 0 Å². The maximum atomic E-state index is 13.5. The lowest BCUT2D eigenvalue weighted by Gasteiger charge is -2.35. The second-order valence-corrected chi connectivity index (χ2v) is 27.2. The van der Waals surface area contributed by atoms with Crippen molar-refractivity contribution in [2.45, 2.75) is 102 Å². The number of halogens is 2. The fraction of sp³-hybridized carbons (Fsp3) is 0.360. The second kappa shape index (κ2) is 19.1. The Hall–Kier alpha value is -4.51. The number of aliphatic hydroxyl groups excluding tert-OH is 2. The van der Waals surface area contributed by atoms with Gasteiger partial charge in [0.2, 0.25) is 0 Å². The first kappa shape index (κ1) is 45.5. The SMILES string of the molecule is Cn1c(/C=C/[C@@H]2C[C@@H](O[Si](C)(C)C)CC(O)O2)c(-c2ccc(F)cc2)c2ccccc21.Cn1c(/C=C/[C@@H]2C[C@@H](O[Si](C)(C)C)CC(O)O2)c(-c2ccc(F)cc2)c2ccccc21. The minimum atomic E-state index is -1.71. The molecule has 4 heterocycles. The summed E-state index contributed by atoms with van der Waals surface area (Å²) in [7, 11) is 0.651. The van der Waals surface area contributed by atoms with Crippen molar-refractivity contribution in [3.63, 3.8) is 0 Å². The summed E-state index contributed by atoms with van der Waals surface area (Å²) in [5.74, 6) is -0.502. The Labute approximate surface area is 366 Å². The number of hydrogen-bond acceptors (Lipinski definition) is 6. The van der Waals surface area contributed by atoms with Crippen molar-refractivity contribution < 1.29 is 37.3 Å². The van der Waals surface area contributed by atoms with Crippen LogP contribution in [0.15, 0.2) is 109 Å². The molecule has 0 saturated carbocycles. The van der Waals surface area contributed by atoms with E-state index < -0.39 is 29.2 Å². The third kappa shape index (κ3) is 11.2. The van der Waals surface area contributed by atoms with Crippen molar-refractivity contribution in [3.8, 4) is 22.3 Å². The zero-order valence-corrected chi connectivity index (χ0v) is 39.0. The van der Waals surface area contributed by atoms with Crippen molar-refractivity contribution in [2.75, 3.05) is 0 Å². The van der Waals surface area contributed by atoms with Gasteiger partial charge in [-0.05, 0) is 99.0 Å². The minimum Gasteiger partial charge on any atom is -0.414 e. The molecule has 0 amide bonds. The number of ether oxygens (including phenoxy) is 2. The summed E-state index contributed by atoms with van der Waals surface area (Å²) in [6, 6.07) is 29.6. The lowest BCUT2D eigenvalue weighted by atomic mass is 10.0. The number of aromatic nitrogens is 2. The van der Waals surface area contributed by atoms with E-state index in [1.54, 1.807) is 0 Å². The van der Waals surface area contributed by atoms with Crippen molar-refractivity contribution in [1.82, 2.24) is 9.13 Å². The molecule has 2 N–H and O–H groups in total. The van der Waals surface area contributed by atoms with E-state index in [4.69, 9.17) is 18.3 Å². The fourth-order valence-electron chi connectivity index (χ4n) is 8.68. The predicted octanol–water partition coefficient (Wildman–Crippen LogP) is 11.4. The van der Waals surface area contributed by atoms with Crippen LogP contribution in [0.4, 0.5) is 8.78 Å². The summed E-state index contributed by atoms with van der Waals surface area (Å²) >= 11 is 0. The van der Waals surface area contributed by atoms with Crippen LogP contribution in [0.1, 0.15) is 37.1 Å². The summed E-state index contributed by atoms with van der Waals surface area (Å²) in [5, 5.41) is 22.6. The molecule has 328 valence electrons. The van der Waals surface area contributed by atoms with E-state index in [-0.39, 0.29) is 36.1 Å². The molecule has 0 radical (unpaired) electrons. The van der Waals surface area contributed by atoms with Gasteiger partial charge >= 0.3 is 0 Å². The van der Waals surface area contributed by atoms with Crippen LogP contribution in [-0.2, 0) is 32.4 Å². The number of rotatable bonds is 10. The van der Waals surface area contributed by atoms with Crippen LogP contribution < -0.4 is 0 Å². The molecule has 2 aliphatic heterocycles. The average Bonchev–Trinajstić information content (AvgIpc) is 3.64. The molecule has 8 nitrogen and oxygen atoms in total. The standard InChI is InChI=1S/2C25H30FNO3Si/c2*1-27-22-8-6-5-7-21(22)25(17-9-11-18(26)12-10-17)23(27)14-13-19-15-20(16-24(28)29-19)30-31(2,3)4/h2*5-14,19-20,24,28H,15-16H2,1-4H3/b2*14-13+/t2*19-,20-,24?/m11/s1. The summed E-state index contributed by atoms with van der Waals surface area (Å²) in [6.45, 7) is 12.9. The third-order valence-electron chi connectivity index (χ3n) is 11.1. The highest BCUT2D eigenvalue weighted by atomic mass is 28.4. The first-order valence-corrected chi connectivity index (χ1v) is 28.3. The van der Waals surface area contributed by atoms with Gasteiger partial charge in [0.1, 0.15) is 11.6 Å². The Morgan fingerprint density at radius 1 is 0.548 bits per heavy atom. The maximum Gasteiger partial charge on any atom is 0.184 e. The summed E-state index contributed by atoms with van der Waals surface area (Å²) in [5.41, 5.74) is 8.27. The molecule has 6 aromatic rings. The lowest BCUT2D eigenvalue weighted by Crippen LogP contribution is -2.41. The zero-order valence-electron chi connectivity index (χ0n) is 37.0. The number of aliphatic hydroxyl groups is 2. The summed E-state index contributed by atoms with van der Waals surface area (Å²) < 4.78 is 55.4. The van der Waals surface area contributed by atoms with Gasteiger partial charge in [0.05, 0.1) is 24.4 Å². The van der Waals surface area contributed by atoms with E-state index in [1.165, 1.54) is 24.3 Å². The van der Waals surface area contributed by atoms with Crippen LogP contribution >= 0.6 is 0 Å². The smallest absolute Gasteiger partial charge is 0.184 e. The highest BCUT2D eigenvalue weighted by Gasteiger charge is 2.32. The molecule has 0 aliphatic carbocycles. The van der Waals surface area contributed by atoms with Gasteiger partial charge in [0, 0.05) is 84.1 Å². The van der Waals surface area contributed by atoms with Crippen molar-refractivity contribution in [2.24, 2.45) is 14.1 Å². The molecular formula is C50H60F2N2O6Si2. The van der Waals surface area contributed by atoms with Gasteiger partial charge in [-0.15, -0.1) is 0 Å². The van der Waals surface area contributed by atoms with Crippen molar-refractivity contribution in [1.29, 1.82) is 0 Å². The van der Waals surface area contributed by atoms with Crippen molar-refractivity contribution >= 4 is 50.6 Å². The summed E-state index contributed by atoms with van der Waals surface area (Å²) in [4.78, 5) is 0. The molecular weight excluding hydrogens is 819 g/mol. The molecule has 4 aromatic carbocycles. The average molecular weight is 879 g/mol. The van der Waals surface area contributed by atoms with Crippen molar-refractivity contribution in [3.05, 3.63) is 132 Å². The van der Waals surface area contributed by atoms with Gasteiger partial charge in [-0.25, -0.2) is 8.78 Å². The highest BCUT2D eigenvalue weighted by Crippen LogP contribution is 2.38. The molecule has 2 aromatic heterocycles. The maximum absolute atomic E-state index is 13.5. The van der Waals surface area contributed by atoms with E-state index >= 15 is 0 Å². The van der Waals surface area contributed by atoms with Gasteiger partial charge in [0.15, 0.2) is 29.2 Å². The van der Waals surface area contributed by atoms with Gasteiger partial charge in [0.25, 0.3) is 0 Å². The predicted molar refractivity (Wildman–Crippen MR) is 251 cm³/mol. The zero-order chi connectivity index (χ0) is 44.3. The minimum absolute atomic E-state index is 0.00544. The number of hydrogen-bond donors (Lipinski definition) is 2. The third-order valence-corrected chi connectivity index (χ3v) is 13.2. The van der Waals surface area contributed by atoms with Gasteiger partial charge in [-0.1, -0.05) is 72.8 Å². The number of fused-ring (bicyclic) bond motifs is 2. The van der Waals surface area contributed by atoms with Crippen LogP contribution in [0.25, 0.3) is 56.2 Å². The molecule has 2 saturated heterocycles. The fourth-order valence-corrected chi connectivity index (χ4v) is 11.1. The van der Waals surface area contributed by atoms with E-state index in [0.717, 1.165) is 55.4 Å². The van der Waals surface area contributed by atoms with Crippen LogP contribution in [0.5, 0.6) is 0 Å². The Balaban J connectivity index is 0.000000186. The second-order valence-electron chi connectivity index (χ2n) is 18.3. The molecule has 2 unspecified atom stereocenters. The van der Waals surface area contributed by atoms with Crippen LogP contribution in [0.3, 0.4) is 0 Å². The normalized spacial score (nSPS) is 22.5. The molecule has 2 fully saturated rings. The molecule has 12 heteroatoms. The quantitative estimate of drug-likeness (QED) is 0.133. The highest BCUT2D eigenvalue weighted by molar-refractivity contribution is 6.70. The molecule has 8 rings (SSSR count). The van der Waals surface area contributed by atoms with Gasteiger partial charge < -0.3 is 37.7 Å². The molecule has 6 atom stereocenters. The largest absolute Gasteiger partial charge is 0.414 e. The molecule has 0 spiro atoms. The number of benzene rings is 4. The van der Waals surface area contributed by atoms with Crippen LogP contribution in [0, 0.1) is 11.6 Å². The van der Waals surface area contributed by atoms with Gasteiger partial charge in [-0.3, -0.25) is 0 Å². The first-order valence-electron chi connectivity index (χ1n) is 21.5. The Morgan fingerprint density at radius 2 is 0.903 bits per heavy atom. The topological polar surface area (TPSA) is 87.2 Å². The Morgan fingerprint density at radius 3 is 1.26 bits per heavy atom. The Bertz CT molecular complexity index is 2340. The molecule has 62 heavy (non-hydrogen) atoms. The lowest BCUT2D eigenvalue weighted by molar-refractivity contribution is -0.173. The monoisotopic (exact) mass is 878 g/mol. The van der Waals surface area contributed by atoms with E-state index in [1.807, 2.05) is 86.9 Å². The van der Waals surface area contributed by atoms with Crippen LogP contribution in [0.2, 0.25) is 39.3 Å².